The molecule has 8 nitrogen and oxygen atoms in total. The summed E-state index contributed by atoms with van der Waals surface area (Å²) < 4.78 is 84.2. The second-order valence-electron chi connectivity index (χ2n) is 11.3. The number of alkyl halides is 4. The molecule has 0 spiro atoms. The zero-order valence-electron chi connectivity index (χ0n) is 22.7. The van der Waals surface area contributed by atoms with Gasteiger partial charge in [-0.15, -0.1) is 0 Å². The fraction of sp³-hybridized carbons (Fsp3) is 0.483. The minimum atomic E-state index is -4.65. The lowest BCUT2D eigenvalue weighted by Gasteiger charge is -2.31. The van der Waals surface area contributed by atoms with Crippen LogP contribution in [-0.4, -0.2) is 82.5 Å². The van der Waals surface area contributed by atoms with Crippen molar-refractivity contribution in [2.75, 3.05) is 50.9 Å². The standard InChI is InChI=1S/C29H29F5N6O2/c30-17-12-28(6-2-8-40(28)15-17)16-42-27-37-25-19(26(38-27)39-7-3-10-41-11-9-39)14-36-24(23(25)31)18-13-35-21-5-1-4-20(22(18)21)29(32,33)34/h1,4-5,13-14,17,35H,2-3,6-12,15-16H2/t17-,28+/m1/s1. The minimum absolute atomic E-state index is 0.0245. The van der Waals surface area contributed by atoms with Crippen LogP contribution >= 0.6 is 0 Å². The molecule has 0 unspecified atom stereocenters. The van der Waals surface area contributed by atoms with Gasteiger partial charge in [0.1, 0.15) is 29.8 Å². The fourth-order valence-corrected chi connectivity index (χ4v) is 6.73. The normalized spacial score (nSPS) is 23.5. The van der Waals surface area contributed by atoms with Crippen LogP contribution in [0.2, 0.25) is 0 Å². The number of halogens is 5. The number of nitrogens with zero attached hydrogens (tertiary/aromatic N) is 5. The molecule has 2 atom stereocenters. The Kier molecular flexibility index (Phi) is 6.69. The third kappa shape index (κ3) is 4.62. The van der Waals surface area contributed by atoms with Gasteiger partial charge >= 0.3 is 12.2 Å². The van der Waals surface area contributed by atoms with E-state index in [-0.39, 0.29) is 40.3 Å². The highest BCUT2D eigenvalue weighted by Crippen LogP contribution is 2.42. The number of rotatable bonds is 5. The first-order valence-electron chi connectivity index (χ1n) is 14.1. The van der Waals surface area contributed by atoms with E-state index in [9.17, 15) is 17.6 Å². The lowest BCUT2D eigenvalue weighted by molar-refractivity contribution is -0.136. The molecule has 0 aliphatic carbocycles. The van der Waals surface area contributed by atoms with E-state index in [0.29, 0.717) is 50.5 Å². The van der Waals surface area contributed by atoms with Gasteiger partial charge in [-0.25, -0.2) is 8.78 Å². The predicted octanol–water partition coefficient (Wildman–Crippen LogP) is 5.51. The van der Waals surface area contributed by atoms with Crippen LogP contribution in [0.15, 0.2) is 30.6 Å². The van der Waals surface area contributed by atoms with E-state index in [1.807, 2.05) is 4.90 Å². The van der Waals surface area contributed by atoms with Gasteiger partial charge in [0.15, 0.2) is 5.82 Å². The molecule has 3 aromatic heterocycles. The Morgan fingerprint density at radius 3 is 2.86 bits per heavy atom. The number of pyridine rings is 1. The van der Waals surface area contributed by atoms with E-state index >= 15 is 4.39 Å². The number of aromatic nitrogens is 4. The van der Waals surface area contributed by atoms with Crippen LogP contribution in [0.25, 0.3) is 33.1 Å². The maximum Gasteiger partial charge on any atom is 0.417 e. The largest absolute Gasteiger partial charge is 0.461 e. The van der Waals surface area contributed by atoms with Crippen molar-refractivity contribution in [3.05, 3.63) is 42.0 Å². The Morgan fingerprint density at radius 1 is 1.12 bits per heavy atom. The molecule has 6 heterocycles. The van der Waals surface area contributed by atoms with Gasteiger partial charge in [-0.05, 0) is 37.9 Å². The molecular weight excluding hydrogens is 559 g/mol. The number of ether oxygens (including phenoxy) is 2. The summed E-state index contributed by atoms with van der Waals surface area (Å²) in [7, 11) is 0. The monoisotopic (exact) mass is 588 g/mol. The van der Waals surface area contributed by atoms with E-state index in [0.717, 1.165) is 31.9 Å². The molecule has 13 heteroatoms. The smallest absolute Gasteiger partial charge is 0.417 e. The van der Waals surface area contributed by atoms with Gasteiger partial charge in [-0.1, -0.05) is 6.07 Å². The second kappa shape index (κ2) is 10.3. The highest BCUT2D eigenvalue weighted by Gasteiger charge is 2.49. The number of fused-ring (bicyclic) bond motifs is 3. The lowest BCUT2D eigenvalue weighted by Crippen LogP contribution is -2.43. The highest BCUT2D eigenvalue weighted by molar-refractivity contribution is 6.00. The Hall–Kier alpha value is -3.58. The molecule has 3 fully saturated rings. The molecule has 0 amide bonds. The Bertz CT molecular complexity index is 1640. The van der Waals surface area contributed by atoms with Gasteiger partial charge < -0.3 is 19.4 Å². The number of benzene rings is 1. The number of H-pyrrole nitrogens is 1. The number of anilines is 1. The van der Waals surface area contributed by atoms with Crippen molar-refractivity contribution in [3.63, 3.8) is 0 Å². The van der Waals surface area contributed by atoms with Crippen molar-refractivity contribution >= 4 is 27.6 Å². The van der Waals surface area contributed by atoms with Crippen LogP contribution in [-0.2, 0) is 10.9 Å². The first kappa shape index (κ1) is 27.3. The molecule has 222 valence electrons. The highest BCUT2D eigenvalue weighted by atomic mass is 19.4. The lowest BCUT2D eigenvalue weighted by atomic mass is 9.95. The van der Waals surface area contributed by atoms with Crippen LogP contribution in [0.1, 0.15) is 31.2 Å². The first-order chi connectivity index (χ1) is 20.2. The summed E-state index contributed by atoms with van der Waals surface area (Å²) in [4.78, 5) is 20.2. The Morgan fingerprint density at radius 2 is 2.00 bits per heavy atom. The quantitative estimate of drug-likeness (QED) is 0.308. The van der Waals surface area contributed by atoms with Crippen molar-refractivity contribution in [1.29, 1.82) is 0 Å². The predicted molar refractivity (Wildman–Crippen MR) is 146 cm³/mol. The summed E-state index contributed by atoms with van der Waals surface area (Å²) in [6, 6.07) is 3.68. The first-order valence-corrected chi connectivity index (χ1v) is 14.1. The van der Waals surface area contributed by atoms with E-state index in [1.54, 1.807) is 0 Å². The van der Waals surface area contributed by atoms with Crippen LogP contribution in [0.5, 0.6) is 6.01 Å². The van der Waals surface area contributed by atoms with Crippen LogP contribution in [0.3, 0.4) is 0 Å². The van der Waals surface area contributed by atoms with Gasteiger partial charge in [-0.3, -0.25) is 9.88 Å². The van der Waals surface area contributed by atoms with Gasteiger partial charge in [0.05, 0.1) is 23.1 Å². The average molecular weight is 589 g/mol. The molecule has 3 aliphatic rings. The van der Waals surface area contributed by atoms with Gasteiger partial charge in [0.25, 0.3) is 0 Å². The van der Waals surface area contributed by atoms with Crippen molar-refractivity contribution < 1.29 is 31.4 Å². The summed E-state index contributed by atoms with van der Waals surface area (Å²) in [5.41, 5.74) is -1.55. The van der Waals surface area contributed by atoms with E-state index < -0.39 is 29.3 Å². The summed E-state index contributed by atoms with van der Waals surface area (Å²) in [5.74, 6) is -0.473. The Labute approximate surface area is 237 Å². The van der Waals surface area contributed by atoms with Gasteiger partial charge in [0, 0.05) is 61.5 Å². The van der Waals surface area contributed by atoms with Crippen LogP contribution < -0.4 is 9.64 Å². The number of hydrogen-bond acceptors (Lipinski definition) is 7. The summed E-state index contributed by atoms with van der Waals surface area (Å²) in [6.07, 6.45) is -0.0870. The molecule has 3 saturated heterocycles. The van der Waals surface area contributed by atoms with Crippen molar-refractivity contribution in [1.82, 2.24) is 24.8 Å². The topological polar surface area (TPSA) is 79.4 Å². The SMILES string of the molecule is Fc1c(-c2c[nH]c3cccc(C(F)(F)F)c23)ncc2c(N3CCCOCC3)nc(OC[C@@]34CCCN3C[C@H](F)C4)nc12. The number of hydrogen-bond donors (Lipinski definition) is 1. The molecule has 0 radical (unpaired) electrons. The van der Waals surface area contributed by atoms with E-state index in [1.165, 1.54) is 24.5 Å². The molecule has 1 aromatic carbocycles. The van der Waals surface area contributed by atoms with Crippen molar-refractivity contribution in [3.8, 4) is 17.3 Å². The maximum atomic E-state index is 16.4. The molecule has 0 saturated carbocycles. The molecular formula is C29H29F5N6O2. The molecule has 3 aliphatic heterocycles. The molecule has 42 heavy (non-hydrogen) atoms. The van der Waals surface area contributed by atoms with Crippen molar-refractivity contribution in [2.45, 2.75) is 43.6 Å². The third-order valence-electron chi connectivity index (χ3n) is 8.66. The van der Waals surface area contributed by atoms with E-state index in [2.05, 4.69) is 24.8 Å². The summed E-state index contributed by atoms with van der Waals surface area (Å²) >= 11 is 0. The van der Waals surface area contributed by atoms with Gasteiger partial charge in [-0.2, -0.15) is 23.1 Å². The van der Waals surface area contributed by atoms with Gasteiger partial charge in [0.2, 0.25) is 0 Å². The molecule has 1 N–H and O–H groups in total. The molecule has 0 bridgehead atoms. The number of aromatic amines is 1. The zero-order valence-corrected chi connectivity index (χ0v) is 22.7. The molecule has 4 aromatic rings. The third-order valence-corrected chi connectivity index (χ3v) is 8.66. The second-order valence-corrected chi connectivity index (χ2v) is 11.3. The zero-order chi connectivity index (χ0) is 29.1. The van der Waals surface area contributed by atoms with Crippen molar-refractivity contribution in [2.24, 2.45) is 0 Å². The summed E-state index contributed by atoms with van der Waals surface area (Å²) in [6.45, 7) is 3.40. The maximum absolute atomic E-state index is 16.4. The van der Waals surface area contributed by atoms with Crippen LogP contribution in [0, 0.1) is 5.82 Å². The summed E-state index contributed by atoms with van der Waals surface area (Å²) in [5, 5.41) is 0.139. The molecule has 7 rings (SSSR count). The Balaban J connectivity index is 1.35. The fourth-order valence-electron chi connectivity index (χ4n) is 6.73. The van der Waals surface area contributed by atoms with E-state index in [4.69, 9.17) is 9.47 Å². The average Bonchev–Trinajstić information content (AvgIpc) is 3.56. The number of nitrogens with one attached hydrogen (secondary N) is 1. The van der Waals surface area contributed by atoms with Crippen LogP contribution in [0.4, 0.5) is 27.8 Å². The minimum Gasteiger partial charge on any atom is -0.461 e.